The zero-order valence-electron chi connectivity index (χ0n) is 13.6. The molecule has 0 saturated heterocycles. The standard InChI is InChI=1S/C17H18F2N4O2/c1-25-9-15(11-4-5-13(18)14(19)6-11)23-17(24)22-12-7-20-16(21-8-12)10-2-3-10/h4-8,10,15H,2-3,9H2,1H3,(H2,22,23,24)/t15-/m1/s1. The number of nitrogens with one attached hydrogen (secondary N) is 2. The van der Waals surface area contributed by atoms with E-state index in [1.807, 2.05) is 0 Å². The van der Waals surface area contributed by atoms with Gasteiger partial charge in [0.05, 0.1) is 30.7 Å². The van der Waals surface area contributed by atoms with Crippen LogP contribution < -0.4 is 10.6 Å². The molecule has 1 aliphatic carbocycles. The monoisotopic (exact) mass is 348 g/mol. The van der Waals surface area contributed by atoms with E-state index in [0.717, 1.165) is 30.8 Å². The second-order valence-corrected chi connectivity index (χ2v) is 5.88. The predicted molar refractivity (Wildman–Crippen MR) is 87.1 cm³/mol. The van der Waals surface area contributed by atoms with E-state index in [-0.39, 0.29) is 6.61 Å². The number of hydrogen-bond acceptors (Lipinski definition) is 4. The lowest BCUT2D eigenvalue weighted by molar-refractivity contribution is 0.168. The number of rotatable bonds is 6. The molecule has 1 atom stereocenters. The molecule has 2 aromatic rings. The second kappa shape index (κ2) is 7.52. The van der Waals surface area contributed by atoms with Crippen LogP contribution in [0.1, 0.15) is 36.2 Å². The van der Waals surface area contributed by atoms with E-state index in [1.54, 1.807) is 12.4 Å². The third-order valence-corrected chi connectivity index (χ3v) is 3.86. The number of anilines is 1. The minimum atomic E-state index is -0.982. The third-order valence-electron chi connectivity index (χ3n) is 3.86. The maximum absolute atomic E-state index is 13.4. The maximum atomic E-state index is 13.4. The Bertz CT molecular complexity index is 751. The Morgan fingerprint density at radius 3 is 2.60 bits per heavy atom. The van der Waals surface area contributed by atoms with Gasteiger partial charge < -0.3 is 15.4 Å². The number of hydrogen-bond donors (Lipinski definition) is 2. The molecule has 0 aliphatic heterocycles. The van der Waals surface area contributed by atoms with Crippen molar-refractivity contribution in [2.24, 2.45) is 0 Å². The number of nitrogens with zero attached hydrogens (tertiary/aromatic N) is 2. The van der Waals surface area contributed by atoms with Crippen LogP contribution in [-0.2, 0) is 4.74 Å². The summed E-state index contributed by atoms with van der Waals surface area (Å²) in [7, 11) is 1.46. The van der Waals surface area contributed by atoms with Gasteiger partial charge in [-0.05, 0) is 30.5 Å². The highest BCUT2D eigenvalue weighted by Crippen LogP contribution is 2.37. The van der Waals surface area contributed by atoms with Crippen LogP contribution in [0, 0.1) is 11.6 Å². The van der Waals surface area contributed by atoms with Gasteiger partial charge in [0.2, 0.25) is 0 Å². The SMILES string of the molecule is COC[C@@H](NC(=O)Nc1cnc(C2CC2)nc1)c1ccc(F)c(F)c1. The molecule has 1 fully saturated rings. The molecule has 1 aromatic carbocycles. The van der Waals surface area contributed by atoms with Gasteiger partial charge in [0.1, 0.15) is 5.82 Å². The quantitative estimate of drug-likeness (QED) is 0.841. The van der Waals surface area contributed by atoms with E-state index in [9.17, 15) is 13.6 Å². The zero-order chi connectivity index (χ0) is 17.8. The second-order valence-electron chi connectivity index (χ2n) is 5.88. The van der Waals surface area contributed by atoms with E-state index in [2.05, 4.69) is 20.6 Å². The molecule has 2 N–H and O–H groups in total. The van der Waals surface area contributed by atoms with Crippen molar-refractivity contribution in [3.05, 3.63) is 53.6 Å². The fraction of sp³-hybridized carbons (Fsp3) is 0.353. The van der Waals surface area contributed by atoms with Crippen molar-refractivity contribution in [2.45, 2.75) is 24.8 Å². The van der Waals surface area contributed by atoms with Crippen LogP contribution in [0.5, 0.6) is 0 Å². The van der Waals surface area contributed by atoms with E-state index < -0.39 is 23.7 Å². The average molecular weight is 348 g/mol. The first-order valence-corrected chi connectivity index (χ1v) is 7.90. The minimum absolute atomic E-state index is 0.107. The Morgan fingerprint density at radius 2 is 2.00 bits per heavy atom. The highest BCUT2D eigenvalue weighted by Gasteiger charge is 2.26. The predicted octanol–water partition coefficient (Wildman–Crippen LogP) is 3.14. The fourth-order valence-electron chi connectivity index (χ4n) is 2.40. The van der Waals surface area contributed by atoms with Gasteiger partial charge in [-0.25, -0.2) is 23.5 Å². The number of halogens is 2. The molecule has 0 bridgehead atoms. The van der Waals surface area contributed by atoms with Crippen LogP contribution in [0.2, 0.25) is 0 Å². The molecule has 132 valence electrons. The highest BCUT2D eigenvalue weighted by atomic mass is 19.2. The summed E-state index contributed by atoms with van der Waals surface area (Å²) in [5, 5.41) is 5.27. The first-order chi connectivity index (χ1) is 12.1. The number of urea groups is 1. The number of aromatic nitrogens is 2. The molecule has 0 spiro atoms. The van der Waals surface area contributed by atoms with Crippen molar-refractivity contribution in [2.75, 3.05) is 19.0 Å². The van der Waals surface area contributed by atoms with Crippen molar-refractivity contribution in [1.29, 1.82) is 0 Å². The summed E-state index contributed by atoms with van der Waals surface area (Å²) < 4.78 is 31.5. The van der Waals surface area contributed by atoms with E-state index in [1.165, 1.54) is 13.2 Å². The molecule has 0 radical (unpaired) electrons. The van der Waals surface area contributed by atoms with E-state index in [4.69, 9.17) is 4.74 Å². The normalized spacial score (nSPS) is 14.8. The number of ether oxygens (including phenoxy) is 1. The van der Waals surface area contributed by atoms with Crippen LogP contribution in [0.4, 0.5) is 19.3 Å². The molecule has 1 heterocycles. The van der Waals surface area contributed by atoms with Gasteiger partial charge in [0.25, 0.3) is 0 Å². The third kappa shape index (κ3) is 4.48. The van der Waals surface area contributed by atoms with Crippen LogP contribution in [-0.4, -0.2) is 29.7 Å². The Hall–Kier alpha value is -2.61. The van der Waals surface area contributed by atoms with Crippen molar-refractivity contribution < 1.29 is 18.3 Å². The van der Waals surface area contributed by atoms with Gasteiger partial charge in [0.15, 0.2) is 11.6 Å². The van der Waals surface area contributed by atoms with Crippen LogP contribution >= 0.6 is 0 Å². The summed E-state index contributed by atoms with van der Waals surface area (Å²) in [6.45, 7) is 0.107. The van der Waals surface area contributed by atoms with Gasteiger partial charge >= 0.3 is 6.03 Å². The van der Waals surface area contributed by atoms with Gasteiger partial charge in [-0.3, -0.25) is 0 Å². The first-order valence-electron chi connectivity index (χ1n) is 7.90. The molecule has 8 heteroatoms. The molecule has 3 rings (SSSR count). The van der Waals surface area contributed by atoms with Crippen molar-refractivity contribution in [1.82, 2.24) is 15.3 Å². The summed E-state index contributed by atoms with van der Waals surface area (Å²) in [5.41, 5.74) is 0.847. The van der Waals surface area contributed by atoms with Crippen molar-refractivity contribution >= 4 is 11.7 Å². The molecule has 1 aliphatic rings. The molecule has 1 aromatic heterocycles. The molecular weight excluding hydrogens is 330 g/mol. The van der Waals surface area contributed by atoms with Crippen molar-refractivity contribution in [3.8, 4) is 0 Å². The highest BCUT2D eigenvalue weighted by molar-refractivity contribution is 5.89. The topological polar surface area (TPSA) is 76.1 Å². The van der Waals surface area contributed by atoms with E-state index in [0.29, 0.717) is 17.2 Å². The maximum Gasteiger partial charge on any atom is 0.319 e. The Kier molecular flexibility index (Phi) is 5.18. The molecule has 2 amide bonds. The number of methoxy groups -OCH3 is 1. The van der Waals surface area contributed by atoms with Crippen LogP contribution in [0.3, 0.4) is 0 Å². The Labute approximate surface area is 143 Å². The summed E-state index contributed by atoms with van der Waals surface area (Å²) >= 11 is 0. The molecule has 1 saturated carbocycles. The first kappa shape index (κ1) is 17.2. The molecular formula is C17H18F2N4O2. The number of amides is 2. The zero-order valence-corrected chi connectivity index (χ0v) is 13.6. The molecule has 25 heavy (non-hydrogen) atoms. The number of benzene rings is 1. The van der Waals surface area contributed by atoms with Crippen LogP contribution in [0.15, 0.2) is 30.6 Å². The lowest BCUT2D eigenvalue weighted by Crippen LogP contribution is -2.35. The number of carbonyl (C=O) groups is 1. The summed E-state index contributed by atoms with van der Waals surface area (Å²) in [4.78, 5) is 20.6. The average Bonchev–Trinajstić information content (AvgIpc) is 3.43. The fourth-order valence-corrected chi connectivity index (χ4v) is 2.40. The van der Waals surface area contributed by atoms with Gasteiger partial charge in [-0.1, -0.05) is 6.07 Å². The smallest absolute Gasteiger partial charge is 0.319 e. The van der Waals surface area contributed by atoms with Crippen molar-refractivity contribution in [3.63, 3.8) is 0 Å². The summed E-state index contributed by atoms with van der Waals surface area (Å²) in [6.07, 6.45) is 5.28. The largest absolute Gasteiger partial charge is 0.382 e. The van der Waals surface area contributed by atoms with E-state index >= 15 is 0 Å². The molecule has 6 nitrogen and oxygen atoms in total. The van der Waals surface area contributed by atoms with Crippen LogP contribution in [0.25, 0.3) is 0 Å². The van der Waals surface area contributed by atoms with Gasteiger partial charge in [0, 0.05) is 13.0 Å². The molecule has 0 unspecified atom stereocenters. The number of carbonyl (C=O) groups excluding carboxylic acids is 1. The summed E-state index contributed by atoms with van der Waals surface area (Å²) in [6, 6.07) is 2.29. The lowest BCUT2D eigenvalue weighted by Gasteiger charge is -2.19. The summed E-state index contributed by atoms with van der Waals surface area (Å²) in [5.74, 6) is -0.713. The minimum Gasteiger partial charge on any atom is -0.382 e. The Morgan fingerprint density at radius 1 is 1.28 bits per heavy atom. The van der Waals surface area contributed by atoms with Gasteiger partial charge in [-0.15, -0.1) is 0 Å². The Balaban J connectivity index is 1.64. The lowest BCUT2D eigenvalue weighted by atomic mass is 10.1. The van der Waals surface area contributed by atoms with Gasteiger partial charge in [-0.2, -0.15) is 0 Å².